The first-order chi connectivity index (χ1) is 14.2. The smallest absolute Gasteiger partial charge is 0.409 e. The van der Waals surface area contributed by atoms with Crippen molar-refractivity contribution >= 4 is 12.0 Å². The van der Waals surface area contributed by atoms with Gasteiger partial charge in [-0.25, -0.2) is 4.79 Å². The van der Waals surface area contributed by atoms with E-state index in [1.807, 2.05) is 54.6 Å². The van der Waals surface area contributed by atoms with E-state index >= 15 is 0 Å². The number of hydrogen-bond acceptors (Lipinski definition) is 4. The Labute approximate surface area is 172 Å². The van der Waals surface area contributed by atoms with Gasteiger partial charge in [-0.15, -0.1) is 0 Å². The summed E-state index contributed by atoms with van der Waals surface area (Å²) in [5, 5.41) is 2.75. The zero-order chi connectivity index (χ0) is 20.5. The van der Waals surface area contributed by atoms with Gasteiger partial charge < -0.3 is 20.7 Å². The van der Waals surface area contributed by atoms with E-state index in [1.165, 1.54) is 0 Å². The number of amides is 2. The lowest BCUT2D eigenvalue weighted by molar-refractivity contribution is 0.0143. The highest BCUT2D eigenvalue weighted by Crippen LogP contribution is 2.23. The van der Waals surface area contributed by atoms with Gasteiger partial charge in [-0.3, -0.25) is 4.79 Å². The van der Waals surface area contributed by atoms with E-state index in [-0.39, 0.29) is 5.91 Å². The third-order valence-corrected chi connectivity index (χ3v) is 5.09. The molecule has 2 amide bonds. The van der Waals surface area contributed by atoms with Gasteiger partial charge in [0.2, 0.25) is 0 Å². The Morgan fingerprint density at radius 3 is 2.45 bits per heavy atom. The Balaban J connectivity index is 1.55. The molecule has 0 spiro atoms. The van der Waals surface area contributed by atoms with Gasteiger partial charge in [0.25, 0.3) is 5.91 Å². The lowest BCUT2D eigenvalue weighted by atomic mass is 10.0. The van der Waals surface area contributed by atoms with Crippen molar-refractivity contribution < 1.29 is 14.3 Å². The number of unbranched alkanes of at least 4 members (excludes halogenated alkanes) is 2. The van der Waals surface area contributed by atoms with E-state index in [2.05, 4.69) is 5.32 Å². The normalized spacial score (nSPS) is 15.9. The van der Waals surface area contributed by atoms with Crippen LogP contribution >= 0.6 is 0 Å². The van der Waals surface area contributed by atoms with Crippen LogP contribution in [0.25, 0.3) is 11.1 Å². The summed E-state index contributed by atoms with van der Waals surface area (Å²) in [6.45, 7) is 1.81. The zero-order valence-corrected chi connectivity index (χ0v) is 16.7. The number of benzene rings is 2. The van der Waals surface area contributed by atoms with Crippen molar-refractivity contribution in [3.05, 3.63) is 60.2 Å². The molecule has 0 aromatic heterocycles. The fourth-order valence-corrected chi connectivity index (χ4v) is 3.49. The van der Waals surface area contributed by atoms with Gasteiger partial charge in [-0.2, -0.15) is 0 Å². The molecular formula is C23H29N3O3. The lowest BCUT2D eigenvalue weighted by Gasteiger charge is -2.24. The van der Waals surface area contributed by atoms with E-state index in [0.717, 1.165) is 36.8 Å². The van der Waals surface area contributed by atoms with E-state index in [0.29, 0.717) is 31.6 Å². The molecule has 1 aliphatic rings. The van der Waals surface area contributed by atoms with E-state index in [4.69, 9.17) is 10.5 Å². The molecule has 2 aromatic rings. The van der Waals surface area contributed by atoms with Crippen LogP contribution in [0.3, 0.4) is 0 Å². The number of hydrogen-bond donors (Lipinski definition) is 2. The predicted molar refractivity (Wildman–Crippen MR) is 113 cm³/mol. The number of nitrogens with two attached hydrogens (primary N) is 1. The zero-order valence-electron chi connectivity index (χ0n) is 16.7. The van der Waals surface area contributed by atoms with Gasteiger partial charge in [0.15, 0.2) is 6.23 Å². The Morgan fingerprint density at radius 2 is 1.72 bits per heavy atom. The molecule has 1 fully saturated rings. The fourth-order valence-electron chi connectivity index (χ4n) is 3.49. The van der Waals surface area contributed by atoms with Crippen LogP contribution in [0, 0.1) is 0 Å². The molecule has 154 valence electrons. The molecule has 1 atom stereocenters. The van der Waals surface area contributed by atoms with Gasteiger partial charge in [0.1, 0.15) is 0 Å². The van der Waals surface area contributed by atoms with E-state index in [1.54, 1.807) is 4.90 Å². The van der Waals surface area contributed by atoms with Crippen LogP contribution in [0.1, 0.15) is 42.5 Å². The van der Waals surface area contributed by atoms with Crippen LogP contribution < -0.4 is 11.1 Å². The molecule has 0 bridgehead atoms. The molecule has 1 saturated heterocycles. The summed E-state index contributed by atoms with van der Waals surface area (Å²) in [6.07, 6.45) is 3.29. The molecule has 29 heavy (non-hydrogen) atoms. The molecule has 6 nitrogen and oxygen atoms in total. The number of carbonyl (C=O) groups excluding carboxylic acids is 2. The second-order valence-electron chi connectivity index (χ2n) is 7.22. The molecule has 0 aliphatic carbocycles. The summed E-state index contributed by atoms with van der Waals surface area (Å²) in [5.41, 5.74) is 8.23. The number of rotatable bonds is 8. The number of carbonyl (C=O) groups is 2. The van der Waals surface area contributed by atoms with Crippen molar-refractivity contribution in [3.63, 3.8) is 0 Å². The number of ether oxygens (including phenoxy) is 1. The number of alkyl carbamates (subject to hydrolysis) is 1. The summed E-state index contributed by atoms with van der Waals surface area (Å²) in [6, 6.07) is 17.6. The molecule has 0 radical (unpaired) electrons. The molecule has 1 aliphatic heterocycles. The summed E-state index contributed by atoms with van der Waals surface area (Å²) in [4.78, 5) is 26.6. The van der Waals surface area contributed by atoms with E-state index in [9.17, 15) is 9.59 Å². The van der Waals surface area contributed by atoms with Crippen molar-refractivity contribution in [1.29, 1.82) is 0 Å². The topological polar surface area (TPSA) is 84.7 Å². The average Bonchev–Trinajstić information content (AvgIpc) is 3.22. The molecule has 1 heterocycles. The third-order valence-electron chi connectivity index (χ3n) is 5.09. The summed E-state index contributed by atoms with van der Waals surface area (Å²) in [7, 11) is 0. The Morgan fingerprint density at radius 1 is 1.00 bits per heavy atom. The van der Waals surface area contributed by atoms with Crippen LogP contribution in [-0.4, -0.2) is 42.8 Å². The van der Waals surface area contributed by atoms with Crippen LogP contribution in [0.15, 0.2) is 54.6 Å². The number of nitrogens with zero attached hydrogens (tertiary/aromatic N) is 1. The number of nitrogens with one attached hydrogen (secondary N) is 1. The van der Waals surface area contributed by atoms with Gasteiger partial charge in [0.05, 0.1) is 0 Å². The Hall–Kier alpha value is -2.86. The van der Waals surface area contributed by atoms with Crippen LogP contribution in [0.4, 0.5) is 4.79 Å². The molecule has 0 saturated carbocycles. The standard InChI is InChI=1S/C23H29N3O3/c24-15-5-2-6-16-25-23(28)29-21-10-7-17-26(21)22(27)20-13-11-19(12-14-20)18-8-3-1-4-9-18/h1,3-4,8-9,11-14,21H,2,5-7,10,15-17,24H2,(H,25,28)/t21-/m1/s1. The minimum Gasteiger partial charge on any atom is -0.425 e. The maximum atomic E-state index is 12.9. The van der Waals surface area contributed by atoms with Crippen LogP contribution in [0.5, 0.6) is 0 Å². The molecule has 6 heteroatoms. The second-order valence-corrected chi connectivity index (χ2v) is 7.22. The monoisotopic (exact) mass is 395 g/mol. The third kappa shape index (κ3) is 5.81. The highest BCUT2D eigenvalue weighted by Gasteiger charge is 2.32. The first-order valence-corrected chi connectivity index (χ1v) is 10.3. The molecular weight excluding hydrogens is 366 g/mol. The highest BCUT2D eigenvalue weighted by atomic mass is 16.6. The summed E-state index contributed by atoms with van der Waals surface area (Å²) in [5.74, 6) is -0.108. The van der Waals surface area contributed by atoms with Gasteiger partial charge >= 0.3 is 6.09 Å². The molecule has 0 unspecified atom stereocenters. The fraction of sp³-hybridized carbons (Fsp3) is 0.391. The van der Waals surface area contributed by atoms with E-state index < -0.39 is 12.3 Å². The maximum Gasteiger partial charge on any atom is 0.409 e. The summed E-state index contributed by atoms with van der Waals surface area (Å²) >= 11 is 0. The lowest BCUT2D eigenvalue weighted by Crippen LogP contribution is -2.40. The highest BCUT2D eigenvalue weighted by molar-refractivity contribution is 5.95. The Kier molecular flexibility index (Phi) is 7.64. The molecule has 2 aromatic carbocycles. The predicted octanol–water partition coefficient (Wildman–Crippen LogP) is 3.77. The largest absolute Gasteiger partial charge is 0.425 e. The maximum absolute atomic E-state index is 12.9. The van der Waals surface area contributed by atoms with Crippen molar-refractivity contribution in [1.82, 2.24) is 10.2 Å². The van der Waals surface area contributed by atoms with Gasteiger partial charge in [-0.05, 0) is 49.1 Å². The first kappa shape index (κ1) is 20.9. The molecule has 3 N–H and O–H groups in total. The SMILES string of the molecule is NCCCCCNC(=O)O[C@@H]1CCCN1C(=O)c1ccc(-c2ccccc2)cc1. The van der Waals surface area contributed by atoms with Gasteiger partial charge in [-0.1, -0.05) is 48.9 Å². The molecule has 3 rings (SSSR count). The first-order valence-electron chi connectivity index (χ1n) is 10.3. The van der Waals surface area contributed by atoms with Crippen molar-refractivity contribution in [2.45, 2.75) is 38.3 Å². The van der Waals surface area contributed by atoms with Gasteiger partial charge in [0, 0.05) is 25.1 Å². The van der Waals surface area contributed by atoms with Crippen LogP contribution in [-0.2, 0) is 4.74 Å². The Bertz CT molecular complexity index is 793. The minimum atomic E-state index is -0.514. The van der Waals surface area contributed by atoms with Crippen LogP contribution in [0.2, 0.25) is 0 Å². The second kappa shape index (κ2) is 10.6. The number of likely N-dealkylation sites (tertiary alicyclic amines) is 1. The van der Waals surface area contributed by atoms with Crippen molar-refractivity contribution in [2.75, 3.05) is 19.6 Å². The van der Waals surface area contributed by atoms with Crippen molar-refractivity contribution in [2.24, 2.45) is 5.73 Å². The average molecular weight is 396 g/mol. The quantitative estimate of drug-likeness (QED) is 0.667. The minimum absolute atomic E-state index is 0.108. The summed E-state index contributed by atoms with van der Waals surface area (Å²) < 4.78 is 5.50. The van der Waals surface area contributed by atoms with Crippen molar-refractivity contribution in [3.8, 4) is 11.1 Å².